The van der Waals surface area contributed by atoms with E-state index < -0.39 is 5.82 Å². The third kappa shape index (κ3) is 4.79. The minimum atomic E-state index is -0.605. The Balaban J connectivity index is 1.40. The molecule has 0 atom stereocenters. The molecule has 4 aromatic heterocycles. The number of pyridine rings is 2. The van der Waals surface area contributed by atoms with Crippen molar-refractivity contribution < 1.29 is 13.6 Å². The number of aromatic amines is 2. The number of imidazole rings is 1. The quantitative estimate of drug-likeness (QED) is 0.222. The van der Waals surface area contributed by atoms with Crippen LogP contribution in [0.25, 0.3) is 55.8 Å². The maximum atomic E-state index is 16.1. The summed E-state index contributed by atoms with van der Waals surface area (Å²) in [6.07, 6.45) is 4.82. The van der Waals surface area contributed by atoms with Gasteiger partial charge in [0.15, 0.2) is 11.6 Å². The van der Waals surface area contributed by atoms with Gasteiger partial charge < -0.3 is 10.3 Å². The lowest BCUT2D eigenvalue weighted by Crippen LogP contribution is -2.19. The number of carbonyl (C=O) groups is 1. The highest BCUT2D eigenvalue weighted by molar-refractivity contribution is 5.98. The van der Waals surface area contributed by atoms with Crippen molar-refractivity contribution in [1.82, 2.24) is 30.1 Å². The van der Waals surface area contributed by atoms with E-state index >= 15 is 4.39 Å². The van der Waals surface area contributed by atoms with Crippen molar-refractivity contribution in [3.63, 3.8) is 0 Å². The van der Waals surface area contributed by atoms with Crippen molar-refractivity contribution in [3.8, 4) is 33.9 Å². The first-order valence-corrected chi connectivity index (χ1v) is 12.7. The van der Waals surface area contributed by atoms with Crippen LogP contribution in [-0.2, 0) is 4.79 Å². The summed E-state index contributed by atoms with van der Waals surface area (Å²) < 4.78 is 30.0. The molecule has 0 fully saturated rings. The predicted octanol–water partition coefficient (Wildman–Crippen LogP) is 6.88. The first-order chi connectivity index (χ1) is 19.2. The molecule has 0 bridgehead atoms. The number of halogens is 2. The SMILES string of the molecule is CC(C)(C)CC(=O)Nc1cncc(-c2ncc3[nH]nc(-c4nc5c(-c6cccc(F)c6)cccc5[nH]4)c3c2F)c1. The lowest BCUT2D eigenvalue weighted by Gasteiger charge is -2.17. The zero-order valence-corrected chi connectivity index (χ0v) is 22.0. The first-order valence-electron chi connectivity index (χ1n) is 12.7. The van der Waals surface area contributed by atoms with Crippen molar-refractivity contribution in [3.05, 3.63) is 78.8 Å². The van der Waals surface area contributed by atoms with Crippen LogP contribution < -0.4 is 5.32 Å². The number of fused-ring (bicyclic) bond motifs is 2. The fraction of sp³-hybridized carbons (Fsp3) is 0.167. The van der Waals surface area contributed by atoms with E-state index in [1.165, 1.54) is 30.7 Å². The van der Waals surface area contributed by atoms with Crippen LogP contribution in [0.4, 0.5) is 14.5 Å². The van der Waals surface area contributed by atoms with Crippen molar-refractivity contribution in [1.29, 1.82) is 0 Å². The number of nitrogens with zero attached hydrogens (tertiary/aromatic N) is 4. The smallest absolute Gasteiger partial charge is 0.224 e. The molecular weight excluding hydrogens is 512 g/mol. The molecular formula is C30H25F2N7O. The highest BCUT2D eigenvalue weighted by Gasteiger charge is 2.22. The van der Waals surface area contributed by atoms with Crippen LogP contribution in [0.1, 0.15) is 27.2 Å². The van der Waals surface area contributed by atoms with Crippen molar-refractivity contribution in [2.45, 2.75) is 27.2 Å². The van der Waals surface area contributed by atoms with Gasteiger partial charge in [-0.1, -0.05) is 45.0 Å². The number of aromatic nitrogens is 6. The lowest BCUT2D eigenvalue weighted by molar-refractivity contribution is -0.117. The van der Waals surface area contributed by atoms with E-state index in [1.54, 1.807) is 12.1 Å². The molecule has 0 aliphatic rings. The third-order valence-electron chi connectivity index (χ3n) is 6.40. The molecule has 6 rings (SSSR count). The summed E-state index contributed by atoms with van der Waals surface area (Å²) in [6.45, 7) is 5.92. The van der Waals surface area contributed by atoms with Crippen LogP contribution in [0.3, 0.4) is 0 Å². The molecule has 4 heterocycles. The van der Waals surface area contributed by atoms with Gasteiger partial charge in [-0.25, -0.2) is 13.8 Å². The van der Waals surface area contributed by atoms with E-state index in [2.05, 4.69) is 30.5 Å². The Bertz CT molecular complexity index is 1900. The average molecular weight is 538 g/mol. The Labute approximate surface area is 227 Å². The summed E-state index contributed by atoms with van der Waals surface area (Å²) in [5.74, 6) is -0.762. The van der Waals surface area contributed by atoms with Gasteiger partial charge in [0.25, 0.3) is 0 Å². The number of para-hydroxylation sites is 1. The van der Waals surface area contributed by atoms with Crippen LogP contribution >= 0.6 is 0 Å². The van der Waals surface area contributed by atoms with Crippen LogP contribution in [-0.4, -0.2) is 36.0 Å². The number of rotatable bonds is 5. The van der Waals surface area contributed by atoms with Gasteiger partial charge in [-0.3, -0.25) is 19.9 Å². The number of benzene rings is 2. The number of carbonyl (C=O) groups excluding carboxylic acids is 1. The molecule has 200 valence electrons. The molecule has 10 heteroatoms. The molecule has 2 aromatic carbocycles. The van der Waals surface area contributed by atoms with E-state index in [0.29, 0.717) is 45.6 Å². The van der Waals surface area contributed by atoms with E-state index in [1.807, 2.05) is 45.0 Å². The Hall–Kier alpha value is -4.99. The monoisotopic (exact) mass is 537 g/mol. The largest absolute Gasteiger partial charge is 0.337 e. The Kier molecular flexibility index (Phi) is 6.10. The zero-order chi connectivity index (χ0) is 28.0. The molecule has 3 N–H and O–H groups in total. The fourth-order valence-corrected chi connectivity index (χ4v) is 4.71. The van der Waals surface area contributed by atoms with Gasteiger partial charge in [0.2, 0.25) is 5.91 Å². The second-order valence-corrected chi connectivity index (χ2v) is 10.8. The number of amides is 1. The summed E-state index contributed by atoms with van der Waals surface area (Å²) in [5, 5.41) is 10.2. The van der Waals surface area contributed by atoms with E-state index in [9.17, 15) is 9.18 Å². The molecule has 8 nitrogen and oxygen atoms in total. The molecule has 0 radical (unpaired) electrons. The Morgan fingerprint density at radius 3 is 2.58 bits per heavy atom. The number of hydrogen-bond donors (Lipinski definition) is 3. The maximum absolute atomic E-state index is 16.1. The summed E-state index contributed by atoms with van der Waals surface area (Å²) in [6, 6.07) is 13.5. The average Bonchev–Trinajstić information content (AvgIpc) is 3.52. The molecule has 0 aliphatic carbocycles. The van der Waals surface area contributed by atoms with Crippen LogP contribution in [0.15, 0.2) is 67.1 Å². The highest BCUT2D eigenvalue weighted by atomic mass is 19.1. The Morgan fingerprint density at radius 2 is 1.77 bits per heavy atom. The molecule has 1 amide bonds. The van der Waals surface area contributed by atoms with E-state index in [-0.39, 0.29) is 33.9 Å². The van der Waals surface area contributed by atoms with Crippen LogP contribution in [0, 0.1) is 17.0 Å². The maximum Gasteiger partial charge on any atom is 0.224 e. The number of nitrogens with one attached hydrogen (secondary N) is 3. The summed E-state index contributed by atoms with van der Waals surface area (Å²) >= 11 is 0. The standard InChI is InChI=1S/C30H25F2N7O/c1-30(2,3)12-23(40)35-19-11-17(13-33-14-19)26-25(32)24-22(15-34-26)38-39-28(24)29-36-21-9-5-8-20(27(21)37-29)16-6-4-7-18(31)10-16/h4-11,13-15H,12H2,1-3H3,(H,35,40)(H,36,37)(H,38,39). The zero-order valence-electron chi connectivity index (χ0n) is 22.0. The number of anilines is 1. The topological polar surface area (TPSA) is 112 Å². The van der Waals surface area contributed by atoms with Crippen molar-refractivity contribution >= 4 is 33.5 Å². The molecule has 0 aliphatic heterocycles. The normalized spacial score (nSPS) is 11.8. The fourth-order valence-electron chi connectivity index (χ4n) is 4.71. The van der Waals surface area contributed by atoms with Gasteiger partial charge in [-0.2, -0.15) is 5.10 Å². The van der Waals surface area contributed by atoms with Crippen molar-refractivity contribution in [2.75, 3.05) is 5.32 Å². The number of H-pyrrole nitrogens is 2. The van der Waals surface area contributed by atoms with Gasteiger partial charge in [0.1, 0.15) is 17.2 Å². The molecule has 0 spiro atoms. The second kappa shape index (κ2) is 9.64. The minimum absolute atomic E-state index is 0.0612. The molecule has 0 saturated heterocycles. The lowest BCUT2D eigenvalue weighted by atomic mass is 9.92. The molecule has 40 heavy (non-hydrogen) atoms. The summed E-state index contributed by atoms with van der Waals surface area (Å²) in [5.41, 5.74) is 4.12. The van der Waals surface area contributed by atoms with Gasteiger partial charge in [0.05, 0.1) is 40.0 Å². The number of hydrogen-bond acceptors (Lipinski definition) is 5. The van der Waals surface area contributed by atoms with Crippen LogP contribution in [0.2, 0.25) is 0 Å². The first kappa shape index (κ1) is 25.3. The van der Waals surface area contributed by atoms with Crippen molar-refractivity contribution in [2.24, 2.45) is 5.41 Å². The van der Waals surface area contributed by atoms with Gasteiger partial charge in [0, 0.05) is 23.7 Å². The molecule has 0 unspecified atom stereocenters. The minimum Gasteiger partial charge on any atom is -0.337 e. The van der Waals surface area contributed by atoms with Gasteiger partial charge in [-0.05, 0) is 35.2 Å². The van der Waals surface area contributed by atoms with Crippen LogP contribution in [0.5, 0.6) is 0 Å². The third-order valence-corrected chi connectivity index (χ3v) is 6.40. The molecule has 0 saturated carbocycles. The molecule has 6 aromatic rings. The van der Waals surface area contributed by atoms with Gasteiger partial charge in [-0.15, -0.1) is 0 Å². The highest BCUT2D eigenvalue weighted by Crippen LogP contribution is 2.35. The summed E-state index contributed by atoms with van der Waals surface area (Å²) in [7, 11) is 0. The van der Waals surface area contributed by atoms with Gasteiger partial charge >= 0.3 is 0 Å². The van der Waals surface area contributed by atoms with E-state index in [4.69, 9.17) is 4.98 Å². The second-order valence-electron chi connectivity index (χ2n) is 10.8. The van der Waals surface area contributed by atoms with E-state index in [0.717, 1.165) is 5.56 Å². The summed E-state index contributed by atoms with van der Waals surface area (Å²) in [4.78, 5) is 28.8. The Morgan fingerprint density at radius 1 is 0.950 bits per heavy atom. The predicted molar refractivity (Wildman–Crippen MR) is 150 cm³/mol.